The molecule has 1 rings (SSSR count). The van der Waals surface area contributed by atoms with E-state index in [0.29, 0.717) is 0 Å². The molecule has 0 aromatic heterocycles. The van der Waals surface area contributed by atoms with E-state index in [9.17, 15) is 14.0 Å². The van der Waals surface area contributed by atoms with Crippen LogP contribution in [0.2, 0.25) is 0 Å². The smallest absolute Gasteiger partial charge is 0.252 e. The first-order chi connectivity index (χ1) is 9.45. The van der Waals surface area contributed by atoms with Gasteiger partial charge in [-0.25, -0.2) is 4.39 Å². The van der Waals surface area contributed by atoms with Crippen molar-refractivity contribution in [3.05, 3.63) is 35.1 Å². The molecule has 0 atom stereocenters. The minimum Gasteiger partial charge on any atom is -0.347 e. The number of hydrogen-bond donors (Lipinski definition) is 2. The number of nitrogens with two attached hydrogens (primary N) is 1. The van der Waals surface area contributed by atoms with Gasteiger partial charge in [-0.15, -0.1) is 0 Å². The van der Waals surface area contributed by atoms with Gasteiger partial charge in [-0.1, -0.05) is 11.8 Å². The van der Waals surface area contributed by atoms with Crippen molar-refractivity contribution in [3.63, 3.8) is 0 Å². The van der Waals surface area contributed by atoms with Gasteiger partial charge in [-0.3, -0.25) is 9.59 Å². The molecule has 0 saturated heterocycles. The van der Waals surface area contributed by atoms with Crippen LogP contribution in [-0.2, 0) is 4.79 Å². The SMILES string of the molecule is CN(C)C(=O)CNC(=O)c1ccc(F)cc1C#CCN. The van der Waals surface area contributed by atoms with E-state index in [1.807, 2.05) is 0 Å². The normalized spacial score (nSPS) is 9.40. The van der Waals surface area contributed by atoms with E-state index >= 15 is 0 Å². The summed E-state index contributed by atoms with van der Waals surface area (Å²) >= 11 is 0. The number of benzene rings is 1. The fourth-order valence-electron chi connectivity index (χ4n) is 1.37. The maximum atomic E-state index is 13.2. The molecule has 3 N–H and O–H groups in total. The van der Waals surface area contributed by atoms with Gasteiger partial charge in [0.15, 0.2) is 0 Å². The standard InChI is InChI=1S/C14H16FN3O2/c1-18(2)13(19)9-17-14(20)12-6-5-11(15)8-10(12)4-3-7-16/h5-6,8H,7,9,16H2,1-2H3,(H,17,20). The van der Waals surface area contributed by atoms with Crippen molar-refractivity contribution in [3.8, 4) is 11.8 Å². The van der Waals surface area contributed by atoms with Gasteiger partial charge in [0.2, 0.25) is 5.91 Å². The van der Waals surface area contributed by atoms with Crippen molar-refractivity contribution in [1.29, 1.82) is 0 Å². The van der Waals surface area contributed by atoms with E-state index < -0.39 is 11.7 Å². The summed E-state index contributed by atoms with van der Waals surface area (Å²) in [5, 5.41) is 2.46. The third-order valence-electron chi connectivity index (χ3n) is 2.45. The Labute approximate surface area is 116 Å². The molecule has 5 nitrogen and oxygen atoms in total. The molecule has 0 fully saturated rings. The van der Waals surface area contributed by atoms with Crippen LogP contribution in [0.5, 0.6) is 0 Å². The molecular formula is C14H16FN3O2. The van der Waals surface area contributed by atoms with Crippen molar-refractivity contribution in [1.82, 2.24) is 10.2 Å². The lowest BCUT2D eigenvalue weighted by molar-refractivity contribution is -0.127. The molecule has 0 bridgehead atoms. The average molecular weight is 277 g/mol. The maximum absolute atomic E-state index is 13.2. The topological polar surface area (TPSA) is 75.4 Å². The van der Waals surface area contributed by atoms with E-state index in [0.717, 1.165) is 12.1 Å². The zero-order chi connectivity index (χ0) is 15.1. The van der Waals surface area contributed by atoms with Crippen LogP contribution < -0.4 is 11.1 Å². The Morgan fingerprint density at radius 3 is 2.70 bits per heavy atom. The first kappa shape index (κ1) is 15.7. The highest BCUT2D eigenvalue weighted by Gasteiger charge is 2.13. The number of carbonyl (C=O) groups is 2. The summed E-state index contributed by atoms with van der Waals surface area (Å²) in [6, 6.07) is 3.65. The number of nitrogens with zero attached hydrogens (tertiary/aromatic N) is 1. The predicted octanol–water partition coefficient (Wildman–Crippen LogP) is -0.0461. The Kier molecular flexibility index (Phi) is 5.69. The second-order valence-electron chi connectivity index (χ2n) is 4.17. The van der Waals surface area contributed by atoms with Crippen LogP contribution >= 0.6 is 0 Å². The maximum Gasteiger partial charge on any atom is 0.252 e. The molecule has 0 aliphatic rings. The second kappa shape index (κ2) is 7.26. The highest BCUT2D eigenvalue weighted by molar-refractivity contribution is 5.98. The molecule has 106 valence electrons. The van der Waals surface area contributed by atoms with E-state index in [1.165, 1.54) is 11.0 Å². The van der Waals surface area contributed by atoms with Gasteiger partial charge in [0.25, 0.3) is 5.91 Å². The molecule has 6 heteroatoms. The summed E-state index contributed by atoms with van der Waals surface area (Å²) in [5.74, 6) is 3.98. The summed E-state index contributed by atoms with van der Waals surface area (Å²) in [6.07, 6.45) is 0. The zero-order valence-corrected chi connectivity index (χ0v) is 11.4. The molecule has 0 radical (unpaired) electrons. The number of carbonyl (C=O) groups excluding carboxylic acids is 2. The molecule has 0 heterocycles. The molecule has 0 saturated carbocycles. The monoisotopic (exact) mass is 277 g/mol. The van der Waals surface area contributed by atoms with Crippen molar-refractivity contribution >= 4 is 11.8 Å². The minimum absolute atomic E-state index is 0.108. The number of amides is 2. The van der Waals surface area contributed by atoms with Crippen LogP contribution in [0.1, 0.15) is 15.9 Å². The summed E-state index contributed by atoms with van der Waals surface area (Å²) < 4.78 is 13.2. The highest BCUT2D eigenvalue weighted by atomic mass is 19.1. The molecule has 20 heavy (non-hydrogen) atoms. The fraction of sp³-hybridized carbons (Fsp3) is 0.286. The Morgan fingerprint density at radius 2 is 2.10 bits per heavy atom. The first-order valence-electron chi connectivity index (χ1n) is 5.92. The van der Waals surface area contributed by atoms with Crippen LogP contribution in [0.15, 0.2) is 18.2 Å². The Hall–Kier alpha value is -2.39. The number of likely N-dealkylation sites (N-methyl/N-ethyl adjacent to an activating group) is 1. The first-order valence-corrected chi connectivity index (χ1v) is 5.92. The summed E-state index contributed by atoms with van der Waals surface area (Å²) in [4.78, 5) is 24.7. The van der Waals surface area contributed by atoms with Crippen LogP contribution in [0.3, 0.4) is 0 Å². The molecule has 2 amide bonds. The van der Waals surface area contributed by atoms with E-state index in [-0.39, 0.29) is 30.1 Å². The van der Waals surface area contributed by atoms with Gasteiger partial charge in [0, 0.05) is 19.7 Å². The third kappa shape index (κ3) is 4.37. The fourth-order valence-corrected chi connectivity index (χ4v) is 1.37. The van der Waals surface area contributed by atoms with Gasteiger partial charge >= 0.3 is 0 Å². The second-order valence-corrected chi connectivity index (χ2v) is 4.17. The van der Waals surface area contributed by atoms with Gasteiger partial charge < -0.3 is 16.0 Å². The highest BCUT2D eigenvalue weighted by Crippen LogP contribution is 2.10. The lowest BCUT2D eigenvalue weighted by atomic mass is 10.1. The largest absolute Gasteiger partial charge is 0.347 e. The number of rotatable bonds is 3. The quantitative estimate of drug-likeness (QED) is 0.761. The van der Waals surface area contributed by atoms with Crippen LogP contribution in [-0.4, -0.2) is 43.9 Å². The van der Waals surface area contributed by atoms with E-state index in [4.69, 9.17) is 5.73 Å². The van der Waals surface area contributed by atoms with Crippen LogP contribution in [0.4, 0.5) is 4.39 Å². The molecule has 0 aliphatic heterocycles. The van der Waals surface area contributed by atoms with Gasteiger partial charge in [-0.2, -0.15) is 0 Å². The van der Waals surface area contributed by atoms with Crippen molar-refractivity contribution in [2.24, 2.45) is 5.73 Å². The van der Waals surface area contributed by atoms with E-state index in [2.05, 4.69) is 17.2 Å². The van der Waals surface area contributed by atoms with Crippen LogP contribution in [0, 0.1) is 17.7 Å². The minimum atomic E-state index is -0.493. The van der Waals surface area contributed by atoms with Gasteiger partial charge in [0.1, 0.15) is 5.82 Å². The molecular weight excluding hydrogens is 261 g/mol. The molecule has 0 spiro atoms. The Balaban J connectivity index is 2.90. The molecule has 0 aliphatic carbocycles. The Bertz CT molecular complexity index is 574. The number of nitrogens with one attached hydrogen (secondary N) is 1. The van der Waals surface area contributed by atoms with Crippen LogP contribution in [0.25, 0.3) is 0 Å². The summed E-state index contributed by atoms with van der Waals surface area (Å²) in [6.45, 7) is -0.0242. The third-order valence-corrected chi connectivity index (χ3v) is 2.45. The molecule has 1 aromatic rings. The zero-order valence-electron chi connectivity index (χ0n) is 11.4. The average Bonchev–Trinajstić information content (AvgIpc) is 2.42. The Morgan fingerprint density at radius 1 is 1.40 bits per heavy atom. The summed E-state index contributed by atoms with van der Waals surface area (Å²) in [7, 11) is 3.18. The number of hydrogen-bond acceptors (Lipinski definition) is 3. The lowest BCUT2D eigenvalue weighted by Gasteiger charge is -2.11. The molecule has 1 aromatic carbocycles. The number of halogens is 1. The molecule has 0 unspecified atom stereocenters. The van der Waals surface area contributed by atoms with Crippen molar-refractivity contribution in [2.45, 2.75) is 0 Å². The van der Waals surface area contributed by atoms with Crippen molar-refractivity contribution < 1.29 is 14.0 Å². The summed E-state index contributed by atoms with van der Waals surface area (Å²) in [5.41, 5.74) is 5.70. The van der Waals surface area contributed by atoms with Gasteiger partial charge in [-0.05, 0) is 18.2 Å². The van der Waals surface area contributed by atoms with Crippen molar-refractivity contribution in [2.75, 3.05) is 27.2 Å². The predicted molar refractivity (Wildman–Crippen MR) is 73.4 cm³/mol. The van der Waals surface area contributed by atoms with Gasteiger partial charge in [0.05, 0.1) is 18.7 Å². The van der Waals surface area contributed by atoms with E-state index in [1.54, 1.807) is 14.1 Å². The lowest BCUT2D eigenvalue weighted by Crippen LogP contribution is -2.36.